The number of nitrogens with one attached hydrogen (secondary N) is 1. The van der Waals surface area contributed by atoms with Gasteiger partial charge in [-0.05, 0) is 56.7 Å². The highest BCUT2D eigenvalue weighted by Gasteiger charge is 2.20. The highest BCUT2D eigenvalue weighted by atomic mass is 14.9. The van der Waals surface area contributed by atoms with Crippen LogP contribution in [0.1, 0.15) is 49.3 Å². The first-order chi connectivity index (χ1) is 8.93. The second-order valence-corrected chi connectivity index (χ2v) is 5.49. The molecule has 1 N–H and O–H groups in total. The summed E-state index contributed by atoms with van der Waals surface area (Å²) in [5.41, 5.74) is 2.77. The number of nitrogens with zero attached hydrogens (tertiary/aromatic N) is 1. The molecule has 1 aromatic heterocycles. The zero-order valence-electron chi connectivity index (χ0n) is 10.9. The van der Waals surface area contributed by atoms with E-state index in [-0.39, 0.29) is 0 Å². The van der Waals surface area contributed by atoms with Crippen LogP contribution in [0.15, 0.2) is 30.5 Å². The van der Waals surface area contributed by atoms with Gasteiger partial charge in [-0.2, -0.15) is 0 Å². The molecule has 1 saturated carbocycles. The van der Waals surface area contributed by atoms with Crippen molar-refractivity contribution in [3.63, 3.8) is 0 Å². The molecule has 0 aliphatic heterocycles. The van der Waals surface area contributed by atoms with E-state index in [0.29, 0.717) is 5.92 Å². The van der Waals surface area contributed by atoms with Gasteiger partial charge in [0, 0.05) is 18.2 Å². The van der Waals surface area contributed by atoms with Gasteiger partial charge < -0.3 is 5.32 Å². The Hall–Kier alpha value is -1.15. The molecule has 0 saturated heterocycles. The summed E-state index contributed by atoms with van der Waals surface area (Å²) in [6.07, 6.45) is 14.3. The molecule has 18 heavy (non-hydrogen) atoms. The van der Waals surface area contributed by atoms with Crippen LogP contribution in [0.25, 0.3) is 0 Å². The molecule has 3 rings (SSSR count). The van der Waals surface area contributed by atoms with E-state index in [1.165, 1.54) is 43.4 Å². The fourth-order valence-electron chi connectivity index (χ4n) is 2.75. The zero-order valence-corrected chi connectivity index (χ0v) is 10.9. The summed E-state index contributed by atoms with van der Waals surface area (Å²) >= 11 is 0. The first-order valence-corrected chi connectivity index (χ1v) is 7.27. The van der Waals surface area contributed by atoms with Crippen molar-refractivity contribution in [2.75, 3.05) is 6.54 Å². The number of aromatic nitrogens is 1. The van der Waals surface area contributed by atoms with E-state index in [1.807, 2.05) is 6.20 Å². The maximum atomic E-state index is 4.57. The van der Waals surface area contributed by atoms with Crippen LogP contribution >= 0.6 is 0 Å². The Morgan fingerprint density at radius 3 is 3.17 bits per heavy atom. The maximum Gasteiger partial charge on any atom is 0.0504 e. The van der Waals surface area contributed by atoms with Crippen molar-refractivity contribution in [1.82, 2.24) is 10.3 Å². The molecule has 1 unspecified atom stereocenters. The van der Waals surface area contributed by atoms with E-state index in [2.05, 4.69) is 34.6 Å². The van der Waals surface area contributed by atoms with Crippen LogP contribution in [0, 0.1) is 0 Å². The molecule has 0 aromatic carbocycles. The quantitative estimate of drug-likeness (QED) is 0.633. The monoisotopic (exact) mass is 242 g/mol. The van der Waals surface area contributed by atoms with Crippen LogP contribution in [0.2, 0.25) is 0 Å². The van der Waals surface area contributed by atoms with E-state index >= 15 is 0 Å². The highest BCUT2D eigenvalue weighted by Crippen LogP contribution is 2.30. The Balaban J connectivity index is 1.54. The van der Waals surface area contributed by atoms with E-state index in [4.69, 9.17) is 0 Å². The molecule has 0 bridgehead atoms. The third-order valence-electron chi connectivity index (χ3n) is 3.93. The van der Waals surface area contributed by atoms with Crippen molar-refractivity contribution < 1.29 is 0 Å². The Kier molecular flexibility index (Phi) is 3.75. The summed E-state index contributed by atoms with van der Waals surface area (Å²) in [5.74, 6) is 0.552. The van der Waals surface area contributed by atoms with Gasteiger partial charge in [0.05, 0.1) is 5.69 Å². The third kappa shape index (κ3) is 2.99. The number of aryl methyl sites for hydroxylation is 1. The number of rotatable bonds is 5. The van der Waals surface area contributed by atoms with Crippen LogP contribution in [0.4, 0.5) is 0 Å². The van der Waals surface area contributed by atoms with Gasteiger partial charge in [0.25, 0.3) is 0 Å². The number of fused-ring (bicyclic) bond motifs is 1. The molecule has 2 nitrogen and oxygen atoms in total. The number of allylic oxidation sites excluding steroid dienone is 1. The molecular weight excluding hydrogens is 220 g/mol. The normalized spacial score (nSPS) is 23.2. The lowest BCUT2D eigenvalue weighted by atomic mass is 9.86. The SMILES string of the molecule is C(=CC1CCCc2cccnc21)CCNC1CC1. The standard InChI is InChI=1S/C16H22N2/c1(2-11-17-15-9-10-15)5-13-6-3-7-14-8-4-12-18-16(13)14/h1,4-5,8,12-13,15,17H,2-3,6-7,9-11H2. The van der Waals surface area contributed by atoms with Gasteiger partial charge in [0.15, 0.2) is 0 Å². The smallest absolute Gasteiger partial charge is 0.0504 e. The predicted molar refractivity (Wildman–Crippen MR) is 74.7 cm³/mol. The second kappa shape index (κ2) is 5.66. The van der Waals surface area contributed by atoms with E-state index < -0.39 is 0 Å². The molecule has 1 aromatic rings. The van der Waals surface area contributed by atoms with Gasteiger partial charge in [0.2, 0.25) is 0 Å². The number of hydrogen-bond acceptors (Lipinski definition) is 2. The Bertz CT molecular complexity index is 421. The molecule has 96 valence electrons. The van der Waals surface area contributed by atoms with Crippen LogP contribution in [0.3, 0.4) is 0 Å². The fraction of sp³-hybridized carbons (Fsp3) is 0.562. The van der Waals surface area contributed by atoms with Gasteiger partial charge >= 0.3 is 0 Å². The van der Waals surface area contributed by atoms with Crippen LogP contribution in [-0.4, -0.2) is 17.6 Å². The predicted octanol–water partition coefficient (Wildman–Crippen LogP) is 3.20. The summed E-state index contributed by atoms with van der Waals surface area (Å²) in [6.45, 7) is 1.13. The average molecular weight is 242 g/mol. The largest absolute Gasteiger partial charge is 0.314 e. The molecule has 2 heteroatoms. The van der Waals surface area contributed by atoms with Crippen LogP contribution in [0.5, 0.6) is 0 Å². The fourth-order valence-corrected chi connectivity index (χ4v) is 2.75. The zero-order chi connectivity index (χ0) is 12.2. The Morgan fingerprint density at radius 1 is 1.33 bits per heavy atom. The summed E-state index contributed by atoms with van der Waals surface area (Å²) in [7, 11) is 0. The molecule has 1 heterocycles. The summed E-state index contributed by atoms with van der Waals surface area (Å²) in [5, 5.41) is 3.55. The van der Waals surface area contributed by atoms with Gasteiger partial charge in [-0.25, -0.2) is 0 Å². The number of pyridine rings is 1. The first-order valence-electron chi connectivity index (χ1n) is 7.27. The lowest BCUT2D eigenvalue weighted by Crippen LogP contribution is -2.16. The minimum Gasteiger partial charge on any atom is -0.314 e. The molecule has 0 radical (unpaired) electrons. The molecule has 1 fully saturated rings. The minimum atomic E-state index is 0.552. The molecule has 0 amide bonds. The van der Waals surface area contributed by atoms with E-state index in [9.17, 15) is 0 Å². The van der Waals surface area contributed by atoms with Crippen LogP contribution in [-0.2, 0) is 6.42 Å². The van der Waals surface area contributed by atoms with E-state index in [1.54, 1.807) is 0 Å². The lowest BCUT2D eigenvalue weighted by Gasteiger charge is -2.21. The molecule has 2 aliphatic carbocycles. The molecule has 0 spiro atoms. The third-order valence-corrected chi connectivity index (χ3v) is 3.93. The molecule has 2 aliphatic rings. The Labute approximate surface area is 110 Å². The summed E-state index contributed by atoms with van der Waals surface area (Å²) in [6, 6.07) is 5.12. The lowest BCUT2D eigenvalue weighted by molar-refractivity contribution is 0.609. The summed E-state index contributed by atoms with van der Waals surface area (Å²) < 4.78 is 0. The van der Waals surface area contributed by atoms with Crippen molar-refractivity contribution in [2.24, 2.45) is 0 Å². The van der Waals surface area contributed by atoms with Crippen molar-refractivity contribution >= 4 is 0 Å². The Morgan fingerprint density at radius 2 is 2.28 bits per heavy atom. The molecule has 1 atom stereocenters. The van der Waals surface area contributed by atoms with Gasteiger partial charge in [0.1, 0.15) is 0 Å². The second-order valence-electron chi connectivity index (χ2n) is 5.49. The number of hydrogen-bond donors (Lipinski definition) is 1. The average Bonchev–Trinajstić information content (AvgIpc) is 3.23. The maximum absolute atomic E-state index is 4.57. The minimum absolute atomic E-state index is 0.552. The van der Waals surface area contributed by atoms with Crippen molar-refractivity contribution in [1.29, 1.82) is 0 Å². The van der Waals surface area contributed by atoms with Gasteiger partial charge in [-0.15, -0.1) is 0 Å². The summed E-state index contributed by atoms with van der Waals surface area (Å²) in [4.78, 5) is 4.57. The topological polar surface area (TPSA) is 24.9 Å². The highest BCUT2D eigenvalue weighted by molar-refractivity contribution is 5.29. The first kappa shape index (κ1) is 11.9. The van der Waals surface area contributed by atoms with Crippen molar-refractivity contribution in [2.45, 2.75) is 50.5 Å². The van der Waals surface area contributed by atoms with Gasteiger partial charge in [-0.1, -0.05) is 18.2 Å². The molecular formula is C16H22N2. The van der Waals surface area contributed by atoms with Crippen molar-refractivity contribution in [3.05, 3.63) is 41.7 Å². The van der Waals surface area contributed by atoms with E-state index in [0.717, 1.165) is 19.0 Å². The van der Waals surface area contributed by atoms with Crippen LogP contribution < -0.4 is 5.32 Å². The van der Waals surface area contributed by atoms with Gasteiger partial charge in [-0.3, -0.25) is 4.98 Å². The van der Waals surface area contributed by atoms with Crippen molar-refractivity contribution in [3.8, 4) is 0 Å².